The van der Waals surface area contributed by atoms with E-state index in [4.69, 9.17) is 4.74 Å². The Morgan fingerprint density at radius 2 is 2.16 bits per heavy atom. The van der Waals surface area contributed by atoms with Gasteiger partial charge in [0.25, 0.3) is 0 Å². The molecule has 0 saturated heterocycles. The molecule has 1 aliphatic heterocycles. The van der Waals surface area contributed by atoms with Crippen LogP contribution in [0.2, 0.25) is 0 Å². The Hall–Kier alpha value is -1.76. The van der Waals surface area contributed by atoms with Crippen LogP contribution >= 0.6 is 0 Å². The number of ether oxygens (including phenoxy) is 1. The van der Waals surface area contributed by atoms with Crippen molar-refractivity contribution in [2.24, 2.45) is 0 Å². The van der Waals surface area contributed by atoms with Crippen molar-refractivity contribution in [1.29, 1.82) is 0 Å². The molecular formula is C18H20O. The van der Waals surface area contributed by atoms with Crippen LogP contribution in [0.15, 0.2) is 54.3 Å². The van der Waals surface area contributed by atoms with Gasteiger partial charge in [-0.2, -0.15) is 0 Å². The van der Waals surface area contributed by atoms with Crippen molar-refractivity contribution >= 4 is 6.08 Å². The Morgan fingerprint density at radius 3 is 2.95 bits per heavy atom. The van der Waals surface area contributed by atoms with E-state index in [1.807, 2.05) is 6.08 Å². The molecule has 1 unspecified atom stereocenters. The molecule has 0 amide bonds. The summed E-state index contributed by atoms with van der Waals surface area (Å²) < 4.78 is 6.21. The van der Waals surface area contributed by atoms with Crippen molar-refractivity contribution in [2.75, 3.05) is 0 Å². The zero-order valence-corrected chi connectivity index (χ0v) is 11.3. The zero-order chi connectivity index (χ0) is 13.1. The molecule has 0 saturated carbocycles. The molecule has 98 valence electrons. The summed E-state index contributed by atoms with van der Waals surface area (Å²) in [6.45, 7) is 3.85. The van der Waals surface area contributed by atoms with Crippen molar-refractivity contribution in [3.8, 4) is 0 Å². The van der Waals surface area contributed by atoms with Gasteiger partial charge in [-0.15, -0.1) is 6.58 Å². The van der Waals surface area contributed by atoms with Crippen LogP contribution in [0.1, 0.15) is 49.3 Å². The molecule has 19 heavy (non-hydrogen) atoms. The average molecular weight is 252 g/mol. The maximum absolute atomic E-state index is 6.21. The number of fused-ring (bicyclic) bond motifs is 1. The van der Waals surface area contributed by atoms with Gasteiger partial charge < -0.3 is 4.74 Å². The Labute approximate surface area is 115 Å². The lowest BCUT2D eigenvalue weighted by molar-refractivity contribution is 0.122. The second-order valence-electron chi connectivity index (χ2n) is 5.24. The van der Waals surface area contributed by atoms with Crippen LogP contribution in [-0.4, -0.2) is 0 Å². The number of rotatable bonds is 3. The zero-order valence-electron chi connectivity index (χ0n) is 11.3. The lowest BCUT2D eigenvalue weighted by Gasteiger charge is -2.28. The summed E-state index contributed by atoms with van der Waals surface area (Å²) in [6.07, 6.45) is 12.4. The maximum Gasteiger partial charge on any atom is 0.128 e. The Morgan fingerprint density at radius 1 is 1.26 bits per heavy atom. The van der Waals surface area contributed by atoms with Gasteiger partial charge in [-0.25, -0.2) is 0 Å². The highest BCUT2D eigenvalue weighted by molar-refractivity contribution is 5.62. The highest BCUT2D eigenvalue weighted by Crippen LogP contribution is 2.38. The lowest BCUT2D eigenvalue weighted by Crippen LogP contribution is -2.12. The van der Waals surface area contributed by atoms with Crippen molar-refractivity contribution in [3.05, 3.63) is 65.5 Å². The summed E-state index contributed by atoms with van der Waals surface area (Å²) in [7, 11) is 0. The van der Waals surface area contributed by atoms with Gasteiger partial charge in [0.05, 0.1) is 0 Å². The fourth-order valence-electron chi connectivity index (χ4n) is 2.88. The van der Waals surface area contributed by atoms with Gasteiger partial charge in [-0.3, -0.25) is 0 Å². The highest BCUT2D eigenvalue weighted by atomic mass is 16.5. The summed E-state index contributed by atoms with van der Waals surface area (Å²) in [4.78, 5) is 0. The first-order valence-corrected chi connectivity index (χ1v) is 7.16. The third-order valence-electron chi connectivity index (χ3n) is 3.89. The van der Waals surface area contributed by atoms with Gasteiger partial charge >= 0.3 is 0 Å². The van der Waals surface area contributed by atoms with E-state index in [0.29, 0.717) is 0 Å². The number of benzene rings is 1. The van der Waals surface area contributed by atoms with Gasteiger partial charge in [-0.05, 0) is 48.5 Å². The van der Waals surface area contributed by atoms with E-state index in [2.05, 4.69) is 43.0 Å². The molecule has 2 aliphatic rings. The first-order valence-electron chi connectivity index (χ1n) is 7.16. The summed E-state index contributed by atoms with van der Waals surface area (Å²) >= 11 is 0. The second kappa shape index (κ2) is 5.48. The van der Waals surface area contributed by atoms with Crippen LogP contribution in [0.4, 0.5) is 0 Å². The molecular weight excluding hydrogens is 232 g/mol. The Kier molecular flexibility index (Phi) is 3.54. The lowest BCUT2D eigenvalue weighted by atomic mass is 9.92. The Bertz CT molecular complexity index is 536. The minimum absolute atomic E-state index is 0.122. The summed E-state index contributed by atoms with van der Waals surface area (Å²) in [5.41, 5.74) is 3.96. The number of hydrogen-bond acceptors (Lipinski definition) is 1. The van der Waals surface area contributed by atoms with Crippen LogP contribution in [0.3, 0.4) is 0 Å². The van der Waals surface area contributed by atoms with E-state index >= 15 is 0 Å². The molecule has 1 atom stereocenters. The summed E-state index contributed by atoms with van der Waals surface area (Å²) in [5, 5.41) is 0. The monoisotopic (exact) mass is 252 g/mol. The second-order valence-corrected chi connectivity index (χ2v) is 5.24. The summed E-state index contributed by atoms with van der Waals surface area (Å²) in [6, 6.07) is 8.51. The molecule has 0 fully saturated rings. The molecule has 1 aromatic carbocycles. The van der Waals surface area contributed by atoms with Crippen LogP contribution in [0.25, 0.3) is 6.08 Å². The van der Waals surface area contributed by atoms with E-state index in [0.717, 1.165) is 18.6 Å². The van der Waals surface area contributed by atoms with Gasteiger partial charge in [-0.1, -0.05) is 36.4 Å². The van der Waals surface area contributed by atoms with E-state index in [-0.39, 0.29) is 6.10 Å². The molecule has 0 radical (unpaired) electrons. The van der Waals surface area contributed by atoms with Gasteiger partial charge in [0, 0.05) is 6.42 Å². The fourth-order valence-corrected chi connectivity index (χ4v) is 2.88. The van der Waals surface area contributed by atoms with Crippen LogP contribution < -0.4 is 0 Å². The average Bonchev–Trinajstić information content (AvgIpc) is 2.48. The molecule has 1 aromatic rings. The molecule has 1 heterocycles. The van der Waals surface area contributed by atoms with Crippen LogP contribution in [-0.2, 0) is 4.74 Å². The third-order valence-corrected chi connectivity index (χ3v) is 3.89. The molecule has 0 N–H and O–H groups in total. The van der Waals surface area contributed by atoms with Crippen molar-refractivity contribution in [3.63, 3.8) is 0 Å². The van der Waals surface area contributed by atoms with Crippen molar-refractivity contribution < 1.29 is 4.74 Å². The molecule has 1 aliphatic carbocycles. The first kappa shape index (κ1) is 12.3. The minimum atomic E-state index is 0.122. The predicted molar refractivity (Wildman–Crippen MR) is 79.6 cm³/mol. The van der Waals surface area contributed by atoms with E-state index in [1.54, 1.807) is 0 Å². The topological polar surface area (TPSA) is 9.23 Å². The normalized spacial score (nSPS) is 21.8. The molecule has 0 bridgehead atoms. The summed E-state index contributed by atoms with van der Waals surface area (Å²) in [5.74, 6) is 1.07. The SMILES string of the molecule is C=CCC1OC(C2=CCCCC2)=Cc2ccccc21. The third kappa shape index (κ3) is 2.51. The number of hydrogen-bond donors (Lipinski definition) is 0. The largest absolute Gasteiger partial charge is 0.485 e. The standard InChI is InChI=1S/C18H20O/c1-2-8-17-16-12-7-6-11-15(16)13-18(19-17)14-9-4-3-5-10-14/h2,6-7,9,11-13,17H,1,3-5,8,10H2. The van der Waals surface area contributed by atoms with Gasteiger partial charge in [0.1, 0.15) is 11.9 Å². The van der Waals surface area contributed by atoms with E-state index < -0.39 is 0 Å². The quantitative estimate of drug-likeness (QED) is 0.674. The molecule has 1 nitrogen and oxygen atoms in total. The predicted octanol–water partition coefficient (Wildman–Crippen LogP) is 5.18. The Balaban J connectivity index is 1.97. The first-order chi connectivity index (χ1) is 9.38. The van der Waals surface area contributed by atoms with Gasteiger partial charge in [0.2, 0.25) is 0 Å². The van der Waals surface area contributed by atoms with E-state index in [1.165, 1.54) is 36.0 Å². The highest BCUT2D eigenvalue weighted by Gasteiger charge is 2.23. The van der Waals surface area contributed by atoms with Crippen LogP contribution in [0.5, 0.6) is 0 Å². The smallest absolute Gasteiger partial charge is 0.128 e. The molecule has 0 aromatic heterocycles. The fraction of sp³-hybridized carbons (Fsp3) is 0.333. The number of allylic oxidation sites excluding steroid dienone is 2. The van der Waals surface area contributed by atoms with Crippen LogP contribution in [0, 0.1) is 0 Å². The van der Waals surface area contributed by atoms with E-state index in [9.17, 15) is 0 Å². The van der Waals surface area contributed by atoms with Crippen molar-refractivity contribution in [1.82, 2.24) is 0 Å². The van der Waals surface area contributed by atoms with Gasteiger partial charge in [0.15, 0.2) is 0 Å². The minimum Gasteiger partial charge on any atom is -0.485 e. The molecule has 1 heteroatoms. The molecule has 3 rings (SSSR count). The van der Waals surface area contributed by atoms with Crippen molar-refractivity contribution in [2.45, 2.75) is 38.2 Å². The molecule has 0 spiro atoms. The maximum atomic E-state index is 6.21.